The lowest BCUT2D eigenvalue weighted by Gasteiger charge is -2.37. The van der Waals surface area contributed by atoms with E-state index in [1.54, 1.807) is 6.20 Å². The van der Waals surface area contributed by atoms with E-state index in [0.717, 1.165) is 18.8 Å². The number of likely N-dealkylation sites (N-methyl/N-ethyl adjacent to an activating group) is 1. The number of para-hydroxylation sites is 2. The quantitative estimate of drug-likeness (QED) is 0.857. The van der Waals surface area contributed by atoms with Crippen molar-refractivity contribution in [3.63, 3.8) is 0 Å². The Labute approximate surface area is 123 Å². The number of hydrogen-bond acceptors (Lipinski definition) is 4. The normalized spacial score (nSPS) is 14.1. The highest BCUT2D eigenvalue weighted by atomic mass is 32.1. The first-order valence-corrected chi connectivity index (χ1v) is 6.91. The molecule has 0 bridgehead atoms. The van der Waals surface area contributed by atoms with Crippen molar-refractivity contribution >= 4 is 34.3 Å². The minimum absolute atomic E-state index is 0.328. The zero-order valence-electron chi connectivity index (χ0n) is 11.3. The molecule has 0 radical (unpaired) electrons. The van der Waals surface area contributed by atoms with E-state index < -0.39 is 0 Å². The molecule has 1 aromatic carbocycles. The van der Waals surface area contributed by atoms with Gasteiger partial charge in [0.1, 0.15) is 4.99 Å². The van der Waals surface area contributed by atoms with Gasteiger partial charge in [0.25, 0.3) is 0 Å². The van der Waals surface area contributed by atoms with Gasteiger partial charge in [-0.05, 0) is 24.3 Å². The molecule has 0 amide bonds. The fourth-order valence-corrected chi connectivity index (χ4v) is 2.61. The molecule has 20 heavy (non-hydrogen) atoms. The highest BCUT2D eigenvalue weighted by molar-refractivity contribution is 7.80. The molecule has 0 spiro atoms. The van der Waals surface area contributed by atoms with Crippen molar-refractivity contribution in [1.29, 1.82) is 0 Å². The highest BCUT2D eigenvalue weighted by Gasteiger charge is 2.21. The third kappa shape index (κ3) is 2.20. The molecule has 2 aromatic rings. The summed E-state index contributed by atoms with van der Waals surface area (Å²) in [5, 5.41) is 0. The zero-order valence-corrected chi connectivity index (χ0v) is 12.1. The van der Waals surface area contributed by atoms with Gasteiger partial charge in [0.2, 0.25) is 0 Å². The van der Waals surface area contributed by atoms with Crippen molar-refractivity contribution in [2.75, 3.05) is 29.9 Å². The van der Waals surface area contributed by atoms with Crippen LogP contribution in [-0.2, 0) is 0 Å². The van der Waals surface area contributed by atoms with E-state index in [4.69, 9.17) is 18.0 Å². The topological polar surface area (TPSA) is 45.4 Å². The van der Waals surface area contributed by atoms with Crippen LogP contribution in [0.4, 0.5) is 17.1 Å². The van der Waals surface area contributed by atoms with E-state index in [2.05, 4.69) is 46.1 Å². The minimum atomic E-state index is 0.328. The van der Waals surface area contributed by atoms with E-state index >= 15 is 0 Å². The molecule has 102 valence electrons. The molecule has 1 aromatic heterocycles. The summed E-state index contributed by atoms with van der Waals surface area (Å²) >= 11 is 5.01. The Morgan fingerprint density at radius 1 is 1.20 bits per heavy atom. The lowest BCUT2D eigenvalue weighted by molar-refractivity contribution is 0.821. The largest absolute Gasteiger partial charge is 0.388 e. The minimum Gasteiger partial charge on any atom is -0.388 e. The van der Waals surface area contributed by atoms with E-state index in [9.17, 15) is 0 Å². The van der Waals surface area contributed by atoms with Crippen molar-refractivity contribution in [3.8, 4) is 0 Å². The van der Waals surface area contributed by atoms with Gasteiger partial charge in [0, 0.05) is 32.0 Å². The smallest absolute Gasteiger partial charge is 0.122 e. The first-order chi connectivity index (χ1) is 9.66. The van der Waals surface area contributed by atoms with Crippen LogP contribution < -0.4 is 15.5 Å². The number of nitrogens with two attached hydrogens (primary N) is 1. The number of rotatable bonds is 2. The van der Waals surface area contributed by atoms with Crippen molar-refractivity contribution < 1.29 is 0 Å². The predicted molar refractivity (Wildman–Crippen MR) is 86.8 cm³/mol. The van der Waals surface area contributed by atoms with Crippen molar-refractivity contribution in [2.45, 2.75) is 0 Å². The first-order valence-electron chi connectivity index (χ1n) is 6.50. The molecule has 0 unspecified atom stereocenters. The maximum atomic E-state index is 5.67. The van der Waals surface area contributed by atoms with Crippen LogP contribution in [0, 0.1) is 0 Å². The molecule has 3 rings (SSSR count). The maximum absolute atomic E-state index is 5.67. The maximum Gasteiger partial charge on any atom is 0.122 e. The Kier molecular flexibility index (Phi) is 3.28. The Morgan fingerprint density at radius 2 is 1.95 bits per heavy atom. The second-order valence-corrected chi connectivity index (χ2v) is 5.27. The summed E-state index contributed by atoms with van der Waals surface area (Å²) in [4.78, 5) is 9.07. The van der Waals surface area contributed by atoms with Crippen molar-refractivity contribution in [1.82, 2.24) is 4.98 Å². The fourth-order valence-electron chi connectivity index (χ4n) is 2.50. The van der Waals surface area contributed by atoms with Crippen molar-refractivity contribution in [2.24, 2.45) is 5.73 Å². The molecule has 0 aliphatic carbocycles. The Bertz CT molecular complexity index is 656. The SMILES string of the molecule is CN1CCN(c2ccnc(C(N)=S)c2)c2ccccc21. The van der Waals surface area contributed by atoms with Crippen LogP contribution in [0.5, 0.6) is 0 Å². The van der Waals surface area contributed by atoms with Crippen LogP contribution in [0.3, 0.4) is 0 Å². The number of hydrogen-bond donors (Lipinski definition) is 1. The molecule has 2 heterocycles. The summed E-state index contributed by atoms with van der Waals surface area (Å²) < 4.78 is 0. The van der Waals surface area contributed by atoms with Gasteiger partial charge in [0.15, 0.2) is 0 Å². The van der Waals surface area contributed by atoms with Gasteiger partial charge >= 0.3 is 0 Å². The summed E-state index contributed by atoms with van der Waals surface area (Å²) in [6.45, 7) is 1.90. The molecule has 1 aliphatic rings. The van der Waals surface area contributed by atoms with Gasteiger partial charge in [0.05, 0.1) is 17.1 Å². The van der Waals surface area contributed by atoms with Crippen LogP contribution >= 0.6 is 12.2 Å². The lowest BCUT2D eigenvalue weighted by atomic mass is 10.1. The van der Waals surface area contributed by atoms with Gasteiger partial charge in [-0.2, -0.15) is 0 Å². The van der Waals surface area contributed by atoms with Crippen LogP contribution in [0.2, 0.25) is 0 Å². The Morgan fingerprint density at radius 3 is 2.70 bits per heavy atom. The summed E-state index contributed by atoms with van der Waals surface area (Å²) in [6, 6.07) is 12.3. The van der Waals surface area contributed by atoms with Gasteiger partial charge < -0.3 is 15.5 Å². The second-order valence-electron chi connectivity index (χ2n) is 4.83. The molecule has 5 heteroatoms. The number of benzene rings is 1. The van der Waals surface area contributed by atoms with E-state index in [-0.39, 0.29) is 0 Å². The fraction of sp³-hybridized carbons (Fsp3) is 0.200. The molecule has 0 atom stereocenters. The molecule has 1 aliphatic heterocycles. The Hall–Kier alpha value is -2.14. The monoisotopic (exact) mass is 284 g/mol. The third-order valence-corrected chi connectivity index (χ3v) is 3.76. The van der Waals surface area contributed by atoms with Crippen molar-refractivity contribution in [3.05, 3.63) is 48.3 Å². The van der Waals surface area contributed by atoms with Crippen LogP contribution in [0.25, 0.3) is 0 Å². The molecule has 2 N–H and O–H groups in total. The number of fused-ring (bicyclic) bond motifs is 1. The number of anilines is 3. The average Bonchev–Trinajstić information content (AvgIpc) is 2.48. The van der Waals surface area contributed by atoms with Crippen LogP contribution in [0.1, 0.15) is 5.69 Å². The van der Waals surface area contributed by atoms with E-state index in [0.29, 0.717) is 10.7 Å². The number of thiocarbonyl (C=S) groups is 1. The first kappa shape index (κ1) is 12.9. The molecule has 0 fully saturated rings. The summed E-state index contributed by atoms with van der Waals surface area (Å²) in [5.41, 5.74) is 9.83. The summed E-state index contributed by atoms with van der Waals surface area (Å²) in [7, 11) is 2.11. The molecular weight excluding hydrogens is 268 g/mol. The van der Waals surface area contributed by atoms with Gasteiger partial charge in [-0.1, -0.05) is 24.4 Å². The molecule has 4 nitrogen and oxygen atoms in total. The molecular formula is C15H16N4S. The number of pyridine rings is 1. The van der Waals surface area contributed by atoms with Gasteiger partial charge in [-0.25, -0.2) is 0 Å². The summed E-state index contributed by atoms with van der Waals surface area (Å²) in [5.74, 6) is 0. The average molecular weight is 284 g/mol. The van der Waals surface area contributed by atoms with Crippen LogP contribution in [-0.4, -0.2) is 30.1 Å². The molecule has 0 saturated heterocycles. The van der Waals surface area contributed by atoms with Crippen LogP contribution in [0.15, 0.2) is 42.6 Å². The highest BCUT2D eigenvalue weighted by Crippen LogP contribution is 2.36. The second kappa shape index (κ2) is 5.09. The standard InChI is InChI=1S/C15H16N4S/c1-18-8-9-19(14-5-3-2-4-13(14)18)11-6-7-17-12(10-11)15(16)20/h2-7,10H,8-9H2,1H3,(H2,16,20). The number of aromatic nitrogens is 1. The Balaban J connectivity index is 2.05. The summed E-state index contributed by atoms with van der Waals surface area (Å²) in [6.07, 6.45) is 1.75. The predicted octanol–water partition coefficient (Wildman–Crippen LogP) is 2.30. The lowest BCUT2D eigenvalue weighted by Crippen LogP contribution is -2.36. The zero-order chi connectivity index (χ0) is 14.1. The number of nitrogens with zero attached hydrogens (tertiary/aromatic N) is 3. The van der Waals surface area contributed by atoms with Gasteiger partial charge in [-0.15, -0.1) is 0 Å². The molecule has 0 saturated carbocycles. The van der Waals surface area contributed by atoms with E-state index in [1.165, 1.54) is 11.4 Å². The van der Waals surface area contributed by atoms with Gasteiger partial charge in [-0.3, -0.25) is 4.98 Å². The van der Waals surface area contributed by atoms with E-state index in [1.807, 2.05) is 12.1 Å². The third-order valence-electron chi connectivity index (χ3n) is 3.55.